The molecule has 1 saturated heterocycles. The second-order valence-electron chi connectivity index (χ2n) is 10.4. The van der Waals surface area contributed by atoms with Crippen LogP contribution in [0.5, 0.6) is 0 Å². The van der Waals surface area contributed by atoms with Gasteiger partial charge in [0.05, 0.1) is 6.04 Å². The molecule has 3 heteroatoms. The van der Waals surface area contributed by atoms with Crippen LogP contribution in [-0.2, 0) is 9.59 Å². The van der Waals surface area contributed by atoms with Crippen molar-refractivity contribution in [1.82, 2.24) is 4.90 Å². The first-order valence-corrected chi connectivity index (χ1v) is 14.6. The first-order chi connectivity index (χ1) is 16.1. The quantitative estimate of drug-likeness (QED) is 0.0914. The highest BCUT2D eigenvalue weighted by molar-refractivity contribution is 6.02. The summed E-state index contributed by atoms with van der Waals surface area (Å²) in [5.41, 5.74) is 1.23. The zero-order valence-electron chi connectivity index (χ0n) is 22.5. The highest BCUT2D eigenvalue weighted by Gasteiger charge is 2.35. The fourth-order valence-electron chi connectivity index (χ4n) is 5.07. The Hall–Kier alpha value is -1.12. The maximum absolute atomic E-state index is 12.4. The lowest BCUT2D eigenvalue weighted by molar-refractivity contribution is -0.140. The third kappa shape index (κ3) is 14.0. The molecule has 0 aromatic heterocycles. The molecule has 2 amide bonds. The molecule has 0 aromatic carbocycles. The molecule has 0 aliphatic carbocycles. The number of unbranched alkanes of at least 4 members (excludes halogenated alkanes) is 17. The molecule has 1 unspecified atom stereocenters. The summed E-state index contributed by atoms with van der Waals surface area (Å²) in [5, 5.41) is 0. The van der Waals surface area contributed by atoms with E-state index in [1.54, 1.807) is 4.90 Å². The van der Waals surface area contributed by atoms with E-state index < -0.39 is 0 Å². The molecule has 1 atom stereocenters. The third-order valence-electron chi connectivity index (χ3n) is 7.28. The van der Waals surface area contributed by atoms with Crippen molar-refractivity contribution >= 4 is 11.8 Å². The van der Waals surface area contributed by atoms with E-state index in [2.05, 4.69) is 26.8 Å². The van der Waals surface area contributed by atoms with E-state index in [0.29, 0.717) is 12.8 Å². The van der Waals surface area contributed by atoms with Gasteiger partial charge >= 0.3 is 0 Å². The molecule has 1 heterocycles. The fourth-order valence-corrected chi connectivity index (χ4v) is 5.07. The first kappa shape index (κ1) is 29.9. The van der Waals surface area contributed by atoms with Crippen molar-refractivity contribution < 1.29 is 9.59 Å². The largest absolute Gasteiger partial charge is 0.275 e. The average Bonchev–Trinajstić information content (AvgIpc) is 3.14. The van der Waals surface area contributed by atoms with Gasteiger partial charge < -0.3 is 0 Å². The summed E-state index contributed by atoms with van der Waals surface area (Å²) >= 11 is 0. The Labute approximate surface area is 206 Å². The number of hydrogen-bond donors (Lipinski definition) is 0. The van der Waals surface area contributed by atoms with Crippen LogP contribution in [0.15, 0.2) is 11.6 Å². The standard InChI is InChI=1S/C30H55NO2/c1-4-6-8-10-12-13-14-15-16-17-18-20-22-24-28(31-29(32)25-26-30(31)33)27(3)23-21-19-11-9-7-5-2/h23,28H,4-22,24-26H2,1-3H3/b27-23+. The molecular formula is C30H55NO2. The first-order valence-electron chi connectivity index (χ1n) is 14.6. The van der Waals surface area contributed by atoms with Gasteiger partial charge in [0.25, 0.3) is 0 Å². The van der Waals surface area contributed by atoms with Crippen molar-refractivity contribution in [3.63, 3.8) is 0 Å². The number of nitrogens with zero attached hydrogens (tertiary/aromatic N) is 1. The van der Waals surface area contributed by atoms with Crippen LogP contribution < -0.4 is 0 Å². The molecule has 3 nitrogen and oxygen atoms in total. The van der Waals surface area contributed by atoms with Crippen LogP contribution in [-0.4, -0.2) is 22.8 Å². The summed E-state index contributed by atoms with van der Waals surface area (Å²) in [5.74, 6) is 0.0748. The van der Waals surface area contributed by atoms with Gasteiger partial charge in [-0.2, -0.15) is 0 Å². The van der Waals surface area contributed by atoms with Crippen molar-refractivity contribution in [2.45, 2.75) is 168 Å². The molecule has 0 saturated carbocycles. The lowest BCUT2D eigenvalue weighted by Gasteiger charge is -2.27. The Morgan fingerprint density at radius 1 is 0.667 bits per heavy atom. The molecule has 0 aromatic rings. The number of likely N-dealkylation sites (tertiary alicyclic amines) is 1. The summed E-state index contributed by atoms with van der Waals surface area (Å²) in [6.07, 6.45) is 29.0. The summed E-state index contributed by atoms with van der Waals surface area (Å²) < 4.78 is 0. The molecule has 0 N–H and O–H groups in total. The zero-order chi connectivity index (χ0) is 24.2. The minimum Gasteiger partial charge on any atom is -0.275 e. The molecule has 1 aliphatic rings. The van der Waals surface area contributed by atoms with E-state index in [1.165, 1.54) is 115 Å². The van der Waals surface area contributed by atoms with E-state index in [4.69, 9.17) is 0 Å². The number of imide groups is 1. The van der Waals surface area contributed by atoms with E-state index >= 15 is 0 Å². The van der Waals surface area contributed by atoms with Gasteiger partial charge in [-0.15, -0.1) is 0 Å². The van der Waals surface area contributed by atoms with E-state index in [-0.39, 0.29) is 17.9 Å². The summed E-state index contributed by atoms with van der Waals surface area (Å²) in [7, 11) is 0. The molecule has 0 radical (unpaired) electrons. The number of carbonyl (C=O) groups is 2. The van der Waals surface area contributed by atoms with E-state index in [1.807, 2.05) is 0 Å². The molecule has 1 rings (SSSR count). The van der Waals surface area contributed by atoms with E-state index in [9.17, 15) is 9.59 Å². The van der Waals surface area contributed by atoms with Gasteiger partial charge in [-0.1, -0.05) is 135 Å². The monoisotopic (exact) mass is 461 g/mol. The third-order valence-corrected chi connectivity index (χ3v) is 7.28. The lowest BCUT2D eigenvalue weighted by atomic mass is 9.97. The van der Waals surface area contributed by atoms with Crippen LogP contribution in [0, 0.1) is 0 Å². The van der Waals surface area contributed by atoms with Gasteiger partial charge in [-0.3, -0.25) is 14.5 Å². The molecular weight excluding hydrogens is 406 g/mol. The number of allylic oxidation sites excluding steroid dienone is 1. The maximum Gasteiger partial charge on any atom is 0.230 e. The van der Waals surface area contributed by atoms with Crippen molar-refractivity contribution in [3.05, 3.63) is 11.6 Å². The normalized spacial score (nSPS) is 15.6. The maximum atomic E-state index is 12.4. The molecule has 33 heavy (non-hydrogen) atoms. The molecule has 0 spiro atoms. The van der Waals surface area contributed by atoms with Crippen LogP contribution in [0.4, 0.5) is 0 Å². The van der Waals surface area contributed by atoms with Crippen LogP contribution in [0.1, 0.15) is 162 Å². The Morgan fingerprint density at radius 3 is 1.52 bits per heavy atom. The summed E-state index contributed by atoms with van der Waals surface area (Å²) in [4.78, 5) is 26.4. The van der Waals surface area contributed by atoms with Crippen molar-refractivity contribution in [2.75, 3.05) is 0 Å². The minimum absolute atomic E-state index is 0.00384. The average molecular weight is 462 g/mol. The van der Waals surface area contributed by atoms with Gasteiger partial charge in [0.15, 0.2) is 0 Å². The topological polar surface area (TPSA) is 37.4 Å². The van der Waals surface area contributed by atoms with Crippen molar-refractivity contribution in [1.29, 1.82) is 0 Å². The number of rotatable bonds is 22. The second kappa shape index (κ2) is 20.3. The minimum atomic E-state index is -0.00384. The van der Waals surface area contributed by atoms with Crippen LogP contribution in [0.3, 0.4) is 0 Å². The highest BCUT2D eigenvalue weighted by atomic mass is 16.2. The summed E-state index contributed by atoms with van der Waals surface area (Å²) in [6, 6.07) is -0.00384. The van der Waals surface area contributed by atoms with Gasteiger partial charge in [-0.05, 0) is 26.2 Å². The van der Waals surface area contributed by atoms with Gasteiger partial charge in [0, 0.05) is 12.8 Å². The fraction of sp³-hybridized carbons (Fsp3) is 0.867. The van der Waals surface area contributed by atoms with E-state index in [0.717, 1.165) is 19.3 Å². The van der Waals surface area contributed by atoms with Crippen LogP contribution in [0.2, 0.25) is 0 Å². The Balaban J connectivity index is 2.26. The Kier molecular flexibility index (Phi) is 18.4. The summed E-state index contributed by atoms with van der Waals surface area (Å²) in [6.45, 7) is 6.66. The lowest BCUT2D eigenvalue weighted by Crippen LogP contribution is -2.40. The molecule has 1 fully saturated rings. The highest BCUT2D eigenvalue weighted by Crippen LogP contribution is 2.25. The molecule has 192 valence electrons. The Bertz CT molecular complexity index is 523. The number of amides is 2. The Morgan fingerprint density at radius 2 is 1.06 bits per heavy atom. The number of carbonyl (C=O) groups excluding carboxylic acids is 2. The predicted molar refractivity (Wildman–Crippen MR) is 142 cm³/mol. The van der Waals surface area contributed by atoms with Crippen molar-refractivity contribution in [2.24, 2.45) is 0 Å². The SMILES string of the molecule is CCCCCCC/C=C(\C)C(CCCCCCCCCCCCCCC)N1C(=O)CCC1=O. The van der Waals surface area contributed by atoms with Crippen LogP contribution >= 0.6 is 0 Å². The van der Waals surface area contributed by atoms with Crippen LogP contribution in [0.25, 0.3) is 0 Å². The predicted octanol–water partition coefficient (Wildman–Crippen LogP) is 9.29. The molecule has 0 bridgehead atoms. The van der Waals surface area contributed by atoms with Gasteiger partial charge in [-0.25, -0.2) is 0 Å². The smallest absolute Gasteiger partial charge is 0.230 e. The van der Waals surface area contributed by atoms with Gasteiger partial charge in [0.2, 0.25) is 11.8 Å². The number of hydrogen-bond acceptors (Lipinski definition) is 2. The van der Waals surface area contributed by atoms with Gasteiger partial charge in [0.1, 0.15) is 0 Å². The zero-order valence-corrected chi connectivity index (χ0v) is 22.5. The van der Waals surface area contributed by atoms with Crippen molar-refractivity contribution in [3.8, 4) is 0 Å². The second-order valence-corrected chi connectivity index (χ2v) is 10.4. The molecule has 1 aliphatic heterocycles.